The number of aryl methyl sites for hydroxylation is 3. The maximum absolute atomic E-state index is 13.3. The topological polar surface area (TPSA) is 210 Å². The van der Waals surface area contributed by atoms with E-state index in [1.54, 1.807) is 13.0 Å². The normalized spacial score (nSPS) is 14.1. The summed E-state index contributed by atoms with van der Waals surface area (Å²) in [6.45, 7) is 1.66. The zero-order valence-corrected chi connectivity index (χ0v) is 20.9. The summed E-state index contributed by atoms with van der Waals surface area (Å²) < 4.78 is 29.0. The fourth-order valence-corrected chi connectivity index (χ4v) is 5.49. The Hall–Kier alpha value is -4.36. The Morgan fingerprint density at radius 3 is 2.50 bits per heavy atom. The van der Waals surface area contributed by atoms with Crippen molar-refractivity contribution in [2.45, 2.75) is 37.1 Å². The molecule has 0 aliphatic heterocycles. The Bertz CT molecular complexity index is 1630. The number of aromatic amines is 1. The van der Waals surface area contributed by atoms with E-state index in [4.69, 9.17) is 10.8 Å². The zero-order chi connectivity index (χ0) is 27.8. The van der Waals surface area contributed by atoms with Gasteiger partial charge in [0, 0.05) is 5.56 Å². The smallest absolute Gasteiger partial charge is 0.320 e. The zero-order valence-electron chi connectivity index (χ0n) is 20.1. The highest BCUT2D eigenvalue weighted by Gasteiger charge is 2.33. The van der Waals surface area contributed by atoms with E-state index in [0.717, 1.165) is 5.56 Å². The van der Waals surface area contributed by atoms with Crippen molar-refractivity contribution in [3.05, 3.63) is 75.5 Å². The van der Waals surface area contributed by atoms with Crippen LogP contribution in [-0.4, -0.2) is 52.4 Å². The van der Waals surface area contributed by atoms with Gasteiger partial charge in [-0.2, -0.15) is 0 Å². The van der Waals surface area contributed by atoms with E-state index in [9.17, 15) is 32.7 Å². The Labute approximate surface area is 216 Å². The van der Waals surface area contributed by atoms with Crippen LogP contribution in [0.5, 0.6) is 0 Å². The van der Waals surface area contributed by atoms with Crippen molar-refractivity contribution in [1.82, 2.24) is 9.97 Å². The average Bonchev–Trinajstić information content (AvgIpc) is 2.85. The lowest BCUT2D eigenvalue weighted by Gasteiger charge is -2.20. The molecule has 2 atom stereocenters. The minimum atomic E-state index is -4.31. The minimum absolute atomic E-state index is 0.186. The standard InChI is InChI=1S/C25H24N4O8S/c1-12-27-20-9-7-13-6-8-14(10-16(13)21(20)23(31)28-12)38(36,37)29-19-5-3-2-4-15(19)22(30)17(24(32)33)11-18(26)25(34)35/h2-6,8,10,17-18,29H,7,9,11,26H2,1H3,(H,32,33)(H,34,35)(H,27,28,31)/t17?,18-/m0/s1. The number of H-pyrrole nitrogens is 1. The second-order valence-electron chi connectivity index (χ2n) is 8.88. The molecule has 0 saturated carbocycles. The van der Waals surface area contributed by atoms with Crippen LogP contribution in [0, 0.1) is 12.8 Å². The molecule has 1 heterocycles. The third kappa shape index (κ3) is 5.19. The van der Waals surface area contributed by atoms with Gasteiger partial charge in [0.2, 0.25) is 0 Å². The molecule has 2 aromatic carbocycles. The third-order valence-electron chi connectivity index (χ3n) is 6.26. The number of aromatic nitrogens is 2. The van der Waals surface area contributed by atoms with Gasteiger partial charge in [0.25, 0.3) is 15.6 Å². The van der Waals surface area contributed by atoms with Crippen LogP contribution < -0.4 is 16.0 Å². The number of carbonyl (C=O) groups excluding carboxylic acids is 1. The Balaban J connectivity index is 1.70. The molecule has 6 N–H and O–H groups in total. The van der Waals surface area contributed by atoms with Crippen molar-refractivity contribution in [3.8, 4) is 11.1 Å². The summed E-state index contributed by atoms with van der Waals surface area (Å²) in [5, 5.41) is 18.6. The number of anilines is 1. The molecule has 1 unspecified atom stereocenters. The molecule has 0 fully saturated rings. The number of aliphatic carboxylic acids is 2. The number of sulfonamides is 1. The van der Waals surface area contributed by atoms with Crippen molar-refractivity contribution in [2.24, 2.45) is 11.7 Å². The number of Topliss-reactive ketones (excluding diaryl/α,β-unsaturated/α-hetero) is 1. The Morgan fingerprint density at radius 2 is 1.82 bits per heavy atom. The number of ketones is 1. The second-order valence-corrected chi connectivity index (χ2v) is 10.6. The van der Waals surface area contributed by atoms with Gasteiger partial charge in [0.1, 0.15) is 17.8 Å². The summed E-state index contributed by atoms with van der Waals surface area (Å²) in [7, 11) is -4.31. The van der Waals surface area contributed by atoms with E-state index < -0.39 is 46.1 Å². The molecular formula is C25H24N4O8S. The van der Waals surface area contributed by atoms with Gasteiger partial charge in [-0.3, -0.25) is 23.9 Å². The van der Waals surface area contributed by atoms with E-state index in [1.807, 2.05) is 0 Å². The summed E-state index contributed by atoms with van der Waals surface area (Å²) in [6, 6.07) is 8.12. The number of nitrogens with one attached hydrogen (secondary N) is 2. The highest BCUT2D eigenvalue weighted by Crippen LogP contribution is 2.33. The van der Waals surface area contributed by atoms with Crippen LogP contribution >= 0.6 is 0 Å². The summed E-state index contributed by atoms with van der Waals surface area (Å²) in [5.41, 5.74) is 6.67. The van der Waals surface area contributed by atoms with Crippen molar-refractivity contribution in [2.75, 3.05) is 4.72 Å². The molecule has 0 spiro atoms. The molecule has 0 amide bonds. The Kier molecular flexibility index (Phi) is 7.16. The molecule has 12 nitrogen and oxygen atoms in total. The molecule has 38 heavy (non-hydrogen) atoms. The number of hydrogen-bond donors (Lipinski definition) is 5. The minimum Gasteiger partial charge on any atom is -0.481 e. The van der Waals surface area contributed by atoms with Crippen LogP contribution in [0.25, 0.3) is 11.1 Å². The number of carboxylic acid groups (broad SMARTS) is 2. The first-order valence-electron chi connectivity index (χ1n) is 11.5. The van der Waals surface area contributed by atoms with E-state index in [2.05, 4.69) is 14.7 Å². The lowest BCUT2D eigenvalue weighted by molar-refractivity contribution is -0.142. The van der Waals surface area contributed by atoms with Gasteiger partial charge in [-0.15, -0.1) is 0 Å². The predicted octanol–water partition coefficient (Wildman–Crippen LogP) is 1.33. The molecule has 0 saturated heterocycles. The van der Waals surface area contributed by atoms with Crippen LogP contribution in [0.15, 0.2) is 52.2 Å². The van der Waals surface area contributed by atoms with Crippen molar-refractivity contribution >= 4 is 33.4 Å². The average molecular weight is 541 g/mol. The number of nitrogens with zero attached hydrogens (tertiary/aromatic N) is 1. The molecule has 1 aromatic heterocycles. The van der Waals surface area contributed by atoms with Crippen LogP contribution in [0.2, 0.25) is 0 Å². The van der Waals surface area contributed by atoms with Crippen molar-refractivity contribution in [3.63, 3.8) is 0 Å². The lowest BCUT2D eigenvalue weighted by Crippen LogP contribution is -2.37. The van der Waals surface area contributed by atoms with Gasteiger partial charge in [-0.25, -0.2) is 13.4 Å². The summed E-state index contributed by atoms with van der Waals surface area (Å²) in [6.07, 6.45) is 0.415. The van der Waals surface area contributed by atoms with Gasteiger partial charge in [0.05, 0.1) is 21.8 Å². The number of para-hydroxylation sites is 1. The number of fused-ring (bicyclic) bond motifs is 3. The first-order chi connectivity index (χ1) is 17.9. The molecule has 0 radical (unpaired) electrons. The number of benzene rings is 2. The fourth-order valence-electron chi connectivity index (χ4n) is 4.38. The van der Waals surface area contributed by atoms with Crippen LogP contribution in [0.1, 0.15) is 33.9 Å². The molecule has 4 rings (SSSR count). The van der Waals surface area contributed by atoms with E-state index in [1.165, 1.54) is 36.4 Å². The van der Waals surface area contributed by atoms with Crippen molar-refractivity contribution in [1.29, 1.82) is 0 Å². The fraction of sp³-hybridized carbons (Fsp3) is 0.240. The first kappa shape index (κ1) is 26.7. The summed E-state index contributed by atoms with van der Waals surface area (Å²) in [5.74, 6) is -5.43. The number of nitrogens with two attached hydrogens (primary N) is 1. The quantitative estimate of drug-likeness (QED) is 0.194. The first-order valence-corrected chi connectivity index (χ1v) is 13.0. The van der Waals surface area contributed by atoms with Crippen LogP contribution in [-0.2, 0) is 32.5 Å². The number of carbonyl (C=O) groups is 3. The molecule has 1 aliphatic rings. The highest BCUT2D eigenvalue weighted by atomic mass is 32.2. The number of hydrogen-bond acceptors (Lipinski definition) is 8. The third-order valence-corrected chi connectivity index (χ3v) is 7.63. The molecule has 198 valence electrons. The van der Waals surface area contributed by atoms with Crippen molar-refractivity contribution < 1.29 is 33.0 Å². The second kappa shape index (κ2) is 10.2. The maximum atomic E-state index is 13.3. The molecule has 1 aliphatic carbocycles. The number of carboxylic acids is 2. The van der Waals surface area contributed by atoms with Gasteiger partial charge in [-0.05, 0) is 61.6 Å². The monoisotopic (exact) mass is 540 g/mol. The van der Waals surface area contributed by atoms with Gasteiger partial charge in [-0.1, -0.05) is 18.2 Å². The molecular weight excluding hydrogens is 516 g/mol. The van der Waals surface area contributed by atoms with Crippen LogP contribution in [0.4, 0.5) is 5.69 Å². The molecule has 3 aromatic rings. The highest BCUT2D eigenvalue weighted by molar-refractivity contribution is 7.92. The largest absolute Gasteiger partial charge is 0.481 e. The maximum Gasteiger partial charge on any atom is 0.320 e. The summed E-state index contributed by atoms with van der Waals surface area (Å²) >= 11 is 0. The lowest BCUT2D eigenvalue weighted by atomic mass is 9.89. The van der Waals surface area contributed by atoms with E-state index >= 15 is 0 Å². The molecule has 0 bridgehead atoms. The van der Waals surface area contributed by atoms with Gasteiger partial charge < -0.3 is 20.9 Å². The Morgan fingerprint density at radius 1 is 1.11 bits per heavy atom. The van der Waals surface area contributed by atoms with Crippen LogP contribution in [0.3, 0.4) is 0 Å². The van der Waals surface area contributed by atoms with Gasteiger partial charge in [0.15, 0.2) is 5.78 Å². The molecule has 13 heteroatoms. The van der Waals surface area contributed by atoms with E-state index in [-0.39, 0.29) is 21.7 Å². The number of rotatable bonds is 9. The summed E-state index contributed by atoms with van der Waals surface area (Å²) in [4.78, 5) is 55.4. The predicted molar refractivity (Wildman–Crippen MR) is 135 cm³/mol. The van der Waals surface area contributed by atoms with Gasteiger partial charge >= 0.3 is 11.9 Å². The SMILES string of the molecule is Cc1nc2c(c(=O)[nH]1)-c1cc(S(=O)(=O)Nc3ccccc3C(=O)C(C[C@H](N)C(=O)O)C(=O)O)ccc1CC2. The van der Waals surface area contributed by atoms with E-state index in [0.29, 0.717) is 35.5 Å².